The predicted octanol–water partition coefficient (Wildman–Crippen LogP) is 0.130. The molecule has 20 heavy (non-hydrogen) atoms. The van der Waals surface area contributed by atoms with Crippen LogP contribution >= 0.6 is 0 Å². The fourth-order valence-electron chi connectivity index (χ4n) is 2.09. The minimum atomic E-state index is -0.0977. The van der Waals surface area contributed by atoms with Crippen molar-refractivity contribution < 1.29 is 9.21 Å². The lowest BCUT2D eigenvalue weighted by Gasteiger charge is -2.33. The van der Waals surface area contributed by atoms with Crippen molar-refractivity contribution >= 4 is 11.9 Å². The van der Waals surface area contributed by atoms with Crippen LogP contribution in [0.1, 0.15) is 16.4 Å². The molecule has 1 aliphatic heterocycles. The van der Waals surface area contributed by atoms with Gasteiger partial charge in [0.1, 0.15) is 5.69 Å². The highest BCUT2D eigenvalue weighted by atomic mass is 16.4. The molecule has 1 fully saturated rings. The lowest BCUT2D eigenvalue weighted by molar-refractivity contribution is 0.0738. The Balaban J connectivity index is 1.63. The largest absolute Gasteiger partial charge is 0.408 e. The number of carbonyl (C=O) groups excluding carboxylic acids is 1. The third kappa shape index (κ3) is 2.44. The molecule has 2 aromatic rings. The highest BCUT2D eigenvalue weighted by Gasteiger charge is 2.25. The van der Waals surface area contributed by atoms with E-state index in [1.54, 1.807) is 18.0 Å². The van der Waals surface area contributed by atoms with Crippen LogP contribution in [-0.4, -0.2) is 57.2 Å². The summed E-state index contributed by atoms with van der Waals surface area (Å²) in [6.45, 7) is 4.26. The maximum absolute atomic E-state index is 12.2. The predicted molar refractivity (Wildman–Crippen MR) is 69.2 cm³/mol. The van der Waals surface area contributed by atoms with E-state index in [9.17, 15) is 4.79 Å². The molecule has 0 aromatic carbocycles. The second-order valence-corrected chi connectivity index (χ2v) is 4.47. The Morgan fingerprint density at radius 3 is 2.60 bits per heavy atom. The van der Waals surface area contributed by atoms with E-state index in [0.717, 1.165) is 0 Å². The number of anilines is 1. The van der Waals surface area contributed by atoms with Crippen LogP contribution in [0.5, 0.6) is 0 Å². The zero-order valence-electron chi connectivity index (χ0n) is 11.1. The summed E-state index contributed by atoms with van der Waals surface area (Å²) in [4.78, 5) is 23.9. The minimum Gasteiger partial charge on any atom is -0.408 e. The van der Waals surface area contributed by atoms with Crippen LogP contribution in [0.25, 0.3) is 0 Å². The Kier molecular flexibility index (Phi) is 3.28. The molecule has 0 unspecified atom stereocenters. The van der Waals surface area contributed by atoms with Gasteiger partial charge in [0.25, 0.3) is 5.91 Å². The molecule has 0 saturated carbocycles. The molecule has 0 bridgehead atoms. The van der Waals surface area contributed by atoms with Crippen molar-refractivity contribution in [2.24, 2.45) is 0 Å². The second-order valence-electron chi connectivity index (χ2n) is 4.47. The normalized spacial score (nSPS) is 15.4. The van der Waals surface area contributed by atoms with Crippen molar-refractivity contribution in [1.82, 2.24) is 25.1 Å². The van der Waals surface area contributed by atoms with Crippen molar-refractivity contribution in [2.75, 3.05) is 31.1 Å². The molecule has 8 nitrogen and oxygen atoms in total. The summed E-state index contributed by atoms with van der Waals surface area (Å²) >= 11 is 0. The molecule has 0 radical (unpaired) electrons. The van der Waals surface area contributed by atoms with E-state index in [2.05, 4.69) is 20.2 Å². The molecule has 0 aliphatic carbocycles. The van der Waals surface area contributed by atoms with Crippen LogP contribution in [0.15, 0.2) is 23.0 Å². The Bertz CT molecular complexity index is 591. The molecular weight excluding hydrogens is 260 g/mol. The lowest BCUT2D eigenvalue weighted by Crippen LogP contribution is -2.49. The number of nitrogens with zero attached hydrogens (tertiary/aromatic N) is 6. The molecule has 0 atom stereocenters. The Morgan fingerprint density at radius 2 is 2.00 bits per heavy atom. The molecular formula is C12H14N6O2. The van der Waals surface area contributed by atoms with E-state index in [-0.39, 0.29) is 5.91 Å². The van der Waals surface area contributed by atoms with Gasteiger partial charge in [-0.2, -0.15) is 0 Å². The zero-order valence-corrected chi connectivity index (χ0v) is 11.1. The lowest BCUT2D eigenvalue weighted by atomic mass is 10.3. The minimum absolute atomic E-state index is 0.0977. The van der Waals surface area contributed by atoms with Gasteiger partial charge >= 0.3 is 6.01 Å². The van der Waals surface area contributed by atoms with Crippen molar-refractivity contribution in [1.29, 1.82) is 0 Å². The third-order valence-electron chi connectivity index (χ3n) is 3.14. The summed E-state index contributed by atoms with van der Waals surface area (Å²) in [6, 6.07) is 0.508. The van der Waals surface area contributed by atoms with Crippen LogP contribution in [0, 0.1) is 6.92 Å². The van der Waals surface area contributed by atoms with Gasteiger partial charge in [0.15, 0.2) is 0 Å². The van der Waals surface area contributed by atoms with Gasteiger partial charge in [0.2, 0.25) is 5.89 Å². The average Bonchev–Trinajstić information content (AvgIpc) is 2.94. The van der Waals surface area contributed by atoms with E-state index in [1.807, 2.05) is 4.90 Å². The summed E-state index contributed by atoms with van der Waals surface area (Å²) in [5, 5.41) is 7.79. The first-order valence-electron chi connectivity index (χ1n) is 6.34. The van der Waals surface area contributed by atoms with Gasteiger partial charge in [-0.15, -0.1) is 5.10 Å². The molecule has 0 spiro atoms. The van der Waals surface area contributed by atoms with Crippen molar-refractivity contribution in [2.45, 2.75) is 6.92 Å². The Hall–Kier alpha value is -2.51. The summed E-state index contributed by atoms with van der Waals surface area (Å²) in [5.41, 5.74) is 0.370. The number of hydrogen-bond donors (Lipinski definition) is 0. The second kappa shape index (κ2) is 5.24. The first kappa shape index (κ1) is 12.5. The van der Waals surface area contributed by atoms with Gasteiger partial charge in [-0.1, -0.05) is 5.10 Å². The van der Waals surface area contributed by atoms with Crippen molar-refractivity contribution in [3.05, 3.63) is 30.2 Å². The highest BCUT2D eigenvalue weighted by Crippen LogP contribution is 2.15. The van der Waals surface area contributed by atoms with Crippen LogP contribution in [-0.2, 0) is 0 Å². The first-order valence-corrected chi connectivity index (χ1v) is 6.34. The molecule has 0 N–H and O–H groups in total. The standard InChI is InChI=1S/C12H14N6O2/c1-9-15-16-12(20-9)18-6-4-17(5-7-18)11(19)10-8-13-2-3-14-10/h2-3,8H,4-7H2,1H3. The molecule has 1 aliphatic rings. The van der Waals surface area contributed by atoms with Crippen LogP contribution < -0.4 is 4.90 Å². The molecule has 8 heteroatoms. The van der Waals surface area contributed by atoms with Crippen LogP contribution in [0.3, 0.4) is 0 Å². The van der Waals surface area contributed by atoms with Gasteiger partial charge in [0.05, 0.1) is 6.20 Å². The summed E-state index contributed by atoms with van der Waals surface area (Å²) < 4.78 is 5.38. The van der Waals surface area contributed by atoms with Gasteiger partial charge < -0.3 is 14.2 Å². The van der Waals surface area contributed by atoms with Crippen molar-refractivity contribution in [3.8, 4) is 0 Å². The maximum Gasteiger partial charge on any atom is 0.318 e. The fourth-order valence-corrected chi connectivity index (χ4v) is 2.09. The van der Waals surface area contributed by atoms with Crippen molar-refractivity contribution in [3.63, 3.8) is 0 Å². The third-order valence-corrected chi connectivity index (χ3v) is 3.14. The SMILES string of the molecule is Cc1nnc(N2CCN(C(=O)c3cnccn3)CC2)o1. The molecule has 2 aromatic heterocycles. The number of aromatic nitrogens is 4. The number of piperazine rings is 1. The highest BCUT2D eigenvalue weighted by molar-refractivity contribution is 5.92. The monoisotopic (exact) mass is 274 g/mol. The fraction of sp³-hybridized carbons (Fsp3) is 0.417. The summed E-state index contributed by atoms with van der Waals surface area (Å²) in [6.07, 6.45) is 4.55. The van der Waals surface area contributed by atoms with Gasteiger partial charge in [-0.05, 0) is 0 Å². The van der Waals surface area contributed by atoms with Crippen LogP contribution in [0.4, 0.5) is 6.01 Å². The molecule has 1 saturated heterocycles. The molecule has 104 valence electrons. The van der Waals surface area contributed by atoms with Gasteiger partial charge in [0, 0.05) is 45.5 Å². The van der Waals surface area contributed by atoms with E-state index < -0.39 is 0 Å². The first-order chi connectivity index (χ1) is 9.74. The topological polar surface area (TPSA) is 88.3 Å². The van der Waals surface area contributed by atoms with Gasteiger partial charge in [-0.25, -0.2) is 4.98 Å². The van der Waals surface area contributed by atoms with E-state index in [0.29, 0.717) is 43.8 Å². The van der Waals surface area contributed by atoms with Crippen LogP contribution in [0.2, 0.25) is 0 Å². The summed E-state index contributed by atoms with van der Waals surface area (Å²) in [7, 11) is 0. The number of amides is 1. The number of carbonyl (C=O) groups is 1. The number of rotatable bonds is 2. The molecule has 3 heterocycles. The number of hydrogen-bond acceptors (Lipinski definition) is 7. The molecule has 3 rings (SSSR count). The molecule has 1 amide bonds. The maximum atomic E-state index is 12.2. The zero-order chi connectivity index (χ0) is 13.9. The average molecular weight is 274 g/mol. The summed E-state index contributed by atoms with van der Waals surface area (Å²) in [5.74, 6) is 0.442. The Morgan fingerprint density at radius 1 is 1.20 bits per heavy atom. The quantitative estimate of drug-likeness (QED) is 0.769. The van der Waals surface area contributed by atoms with E-state index in [4.69, 9.17) is 4.42 Å². The van der Waals surface area contributed by atoms with Gasteiger partial charge in [-0.3, -0.25) is 9.78 Å². The Labute approximate surface area is 115 Å². The smallest absolute Gasteiger partial charge is 0.318 e. The van der Waals surface area contributed by atoms with E-state index in [1.165, 1.54) is 12.4 Å². The van der Waals surface area contributed by atoms with E-state index >= 15 is 0 Å². The number of aryl methyl sites for hydroxylation is 1.